The van der Waals surface area contributed by atoms with E-state index in [2.05, 4.69) is 36.9 Å². The predicted molar refractivity (Wildman–Crippen MR) is 121 cm³/mol. The molecule has 6 rings (SSSR count). The van der Waals surface area contributed by atoms with E-state index in [0.29, 0.717) is 6.54 Å². The number of Topliss-reactive ketones (excluding diaryl/α,β-unsaturated/α-hetero) is 1. The standard InChI is InChI=1S/C27H19NO3/c1-17-25(29)15-27(31-17)23-12-6-7-13-24(23)28(26(27)30)16-22-20-10-4-2-8-18(20)14-19-9-3-5-11-21(19)22/h2-14H,1,15-16H2. The molecule has 150 valence electrons. The van der Waals surface area contributed by atoms with Crippen molar-refractivity contribution in [2.45, 2.75) is 18.6 Å². The first-order valence-electron chi connectivity index (χ1n) is 10.3. The van der Waals surface area contributed by atoms with Gasteiger partial charge >= 0.3 is 0 Å². The van der Waals surface area contributed by atoms with Crippen LogP contribution in [0.4, 0.5) is 5.69 Å². The zero-order valence-corrected chi connectivity index (χ0v) is 16.8. The molecular weight excluding hydrogens is 386 g/mol. The predicted octanol–water partition coefficient (Wildman–Crippen LogP) is 5.24. The van der Waals surface area contributed by atoms with Gasteiger partial charge in [0.05, 0.1) is 18.7 Å². The van der Waals surface area contributed by atoms with Crippen LogP contribution in [0.1, 0.15) is 17.5 Å². The summed E-state index contributed by atoms with van der Waals surface area (Å²) in [6.45, 7) is 4.10. The number of carbonyl (C=O) groups excluding carboxylic acids is 2. The van der Waals surface area contributed by atoms with E-state index in [4.69, 9.17) is 4.74 Å². The van der Waals surface area contributed by atoms with Gasteiger partial charge in [-0.1, -0.05) is 73.3 Å². The molecule has 2 heterocycles. The molecule has 0 radical (unpaired) electrons. The van der Waals surface area contributed by atoms with Gasteiger partial charge in [0.2, 0.25) is 11.4 Å². The zero-order chi connectivity index (χ0) is 21.2. The quantitative estimate of drug-likeness (QED) is 0.339. The van der Waals surface area contributed by atoms with Crippen molar-refractivity contribution in [1.29, 1.82) is 0 Å². The van der Waals surface area contributed by atoms with Gasteiger partial charge in [-0.05, 0) is 39.2 Å². The minimum Gasteiger partial charge on any atom is -0.469 e. The van der Waals surface area contributed by atoms with Gasteiger partial charge in [-0.25, -0.2) is 0 Å². The van der Waals surface area contributed by atoms with Crippen LogP contribution in [0.25, 0.3) is 21.5 Å². The molecule has 31 heavy (non-hydrogen) atoms. The summed E-state index contributed by atoms with van der Waals surface area (Å²) in [5, 5.41) is 4.48. The summed E-state index contributed by atoms with van der Waals surface area (Å²) in [4.78, 5) is 27.8. The minimum absolute atomic E-state index is 0.00549. The Balaban J connectivity index is 1.55. The Bertz CT molecular complexity index is 1370. The van der Waals surface area contributed by atoms with Gasteiger partial charge in [0.25, 0.3) is 5.91 Å². The molecule has 4 aromatic rings. The van der Waals surface area contributed by atoms with Crippen LogP contribution in [0.3, 0.4) is 0 Å². The molecule has 1 amide bonds. The van der Waals surface area contributed by atoms with E-state index in [1.54, 1.807) is 4.90 Å². The molecule has 2 aliphatic heterocycles. The zero-order valence-electron chi connectivity index (χ0n) is 16.8. The van der Waals surface area contributed by atoms with Crippen molar-refractivity contribution in [3.63, 3.8) is 0 Å². The van der Waals surface area contributed by atoms with Crippen LogP contribution in [-0.2, 0) is 26.5 Å². The fraction of sp³-hybridized carbons (Fsp3) is 0.111. The van der Waals surface area contributed by atoms with Crippen LogP contribution in [0.5, 0.6) is 0 Å². The summed E-state index contributed by atoms with van der Waals surface area (Å²) in [5.74, 6) is -0.376. The Kier molecular flexibility index (Phi) is 3.63. The Morgan fingerprint density at radius 3 is 2.13 bits per heavy atom. The van der Waals surface area contributed by atoms with E-state index >= 15 is 0 Å². The fourth-order valence-electron chi connectivity index (χ4n) is 4.98. The first-order chi connectivity index (χ1) is 15.1. The maximum atomic E-state index is 13.8. The lowest BCUT2D eigenvalue weighted by Crippen LogP contribution is -2.39. The van der Waals surface area contributed by atoms with E-state index < -0.39 is 5.60 Å². The van der Waals surface area contributed by atoms with Crippen LogP contribution in [-0.4, -0.2) is 11.7 Å². The lowest BCUT2D eigenvalue weighted by atomic mass is 9.92. The average Bonchev–Trinajstić information content (AvgIpc) is 3.22. The summed E-state index contributed by atoms with van der Waals surface area (Å²) in [5.41, 5.74) is 1.30. The molecule has 0 saturated carbocycles. The number of ether oxygens (including phenoxy) is 1. The van der Waals surface area contributed by atoms with Crippen molar-refractivity contribution in [3.05, 3.63) is 102 Å². The van der Waals surface area contributed by atoms with Crippen molar-refractivity contribution in [2.75, 3.05) is 4.90 Å². The molecule has 4 aromatic carbocycles. The Morgan fingerprint density at radius 1 is 0.871 bits per heavy atom. The third-order valence-corrected chi connectivity index (χ3v) is 6.44. The van der Waals surface area contributed by atoms with Crippen molar-refractivity contribution in [2.24, 2.45) is 0 Å². The molecule has 1 atom stereocenters. The molecule has 4 nitrogen and oxygen atoms in total. The van der Waals surface area contributed by atoms with Gasteiger partial charge in [0.1, 0.15) is 0 Å². The van der Waals surface area contributed by atoms with Crippen LogP contribution < -0.4 is 4.90 Å². The van der Waals surface area contributed by atoms with Gasteiger partial charge in [0.15, 0.2) is 5.76 Å². The molecule has 1 fully saturated rings. The summed E-state index contributed by atoms with van der Waals surface area (Å²) < 4.78 is 5.87. The summed E-state index contributed by atoms with van der Waals surface area (Å²) in [7, 11) is 0. The number of allylic oxidation sites excluding steroid dienone is 1. The lowest BCUT2D eigenvalue weighted by molar-refractivity contribution is -0.135. The van der Waals surface area contributed by atoms with Crippen LogP contribution >= 0.6 is 0 Å². The highest BCUT2D eigenvalue weighted by Crippen LogP contribution is 2.50. The average molecular weight is 405 g/mol. The number of para-hydroxylation sites is 1. The Hall–Kier alpha value is -3.92. The van der Waals surface area contributed by atoms with Gasteiger partial charge in [0, 0.05) is 5.56 Å². The van der Waals surface area contributed by atoms with Gasteiger partial charge in [-0.3, -0.25) is 9.59 Å². The first kappa shape index (κ1) is 17.9. The second-order valence-electron chi connectivity index (χ2n) is 8.16. The van der Waals surface area contributed by atoms with Crippen LogP contribution in [0.2, 0.25) is 0 Å². The second kappa shape index (κ2) is 6.29. The number of anilines is 1. The van der Waals surface area contributed by atoms with Crippen molar-refractivity contribution < 1.29 is 14.3 Å². The summed E-state index contributed by atoms with van der Waals surface area (Å²) >= 11 is 0. The Labute approximate surface area is 179 Å². The van der Waals surface area contributed by atoms with Gasteiger partial charge < -0.3 is 9.64 Å². The highest BCUT2D eigenvalue weighted by atomic mass is 16.5. The van der Waals surface area contributed by atoms with E-state index in [9.17, 15) is 9.59 Å². The second-order valence-corrected chi connectivity index (χ2v) is 8.16. The number of carbonyl (C=O) groups is 2. The number of nitrogens with zero attached hydrogens (tertiary/aromatic N) is 1. The molecule has 0 N–H and O–H groups in total. The number of benzene rings is 4. The molecule has 0 aromatic heterocycles. The van der Waals surface area contributed by atoms with Crippen molar-refractivity contribution in [3.8, 4) is 0 Å². The third-order valence-electron chi connectivity index (χ3n) is 6.44. The molecule has 4 heteroatoms. The first-order valence-corrected chi connectivity index (χ1v) is 10.3. The Morgan fingerprint density at radius 2 is 1.48 bits per heavy atom. The maximum Gasteiger partial charge on any atom is 0.276 e. The number of ketones is 1. The monoisotopic (exact) mass is 405 g/mol. The topological polar surface area (TPSA) is 46.6 Å². The molecule has 1 spiro atoms. The van der Waals surface area contributed by atoms with E-state index in [1.807, 2.05) is 48.5 Å². The molecule has 0 bridgehead atoms. The number of fused-ring (bicyclic) bond motifs is 4. The molecule has 1 saturated heterocycles. The number of hydrogen-bond acceptors (Lipinski definition) is 3. The largest absolute Gasteiger partial charge is 0.469 e. The van der Waals surface area contributed by atoms with Crippen LogP contribution in [0, 0.1) is 0 Å². The van der Waals surface area contributed by atoms with E-state index in [-0.39, 0.29) is 23.9 Å². The number of hydrogen-bond donors (Lipinski definition) is 0. The number of rotatable bonds is 2. The van der Waals surface area contributed by atoms with Gasteiger partial charge in [-0.2, -0.15) is 0 Å². The third kappa shape index (κ3) is 2.42. The van der Waals surface area contributed by atoms with Crippen molar-refractivity contribution >= 4 is 38.9 Å². The SMILES string of the molecule is C=C1OC2(CC1=O)C(=O)N(Cc1c3ccccc3cc3ccccc13)c1ccccc12. The summed E-state index contributed by atoms with van der Waals surface area (Å²) in [6.07, 6.45) is -0.00549. The smallest absolute Gasteiger partial charge is 0.276 e. The van der Waals surface area contributed by atoms with E-state index in [0.717, 1.165) is 38.4 Å². The minimum atomic E-state index is -1.30. The summed E-state index contributed by atoms with van der Waals surface area (Å²) in [6, 6.07) is 26.2. The van der Waals surface area contributed by atoms with Crippen LogP contribution in [0.15, 0.2) is 91.2 Å². The lowest BCUT2D eigenvalue weighted by Gasteiger charge is -2.24. The molecule has 2 aliphatic rings. The molecule has 0 aliphatic carbocycles. The normalized spacial score (nSPS) is 20.1. The fourth-order valence-corrected chi connectivity index (χ4v) is 4.98. The van der Waals surface area contributed by atoms with Crippen molar-refractivity contribution in [1.82, 2.24) is 0 Å². The highest BCUT2D eigenvalue weighted by molar-refractivity contribution is 6.13. The molecule has 1 unspecified atom stereocenters. The van der Waals surface area contributed by atoms with Gasteiger partial charge in [-0.15, -0.1) is 0 Å². The molecular formula is C27H19NO3. The maximum absolute atomic E-state index is 13.8. The highest BCUT2D eigenvalue weighted by Gasteiger charge is 2.58. The number of amides is 1. The van der Waals surface area contributed by atoms with E-state index in [1.165, 1.54) is 0 Å².